The molecule has 0 heterocycles. The zero-order valence-electron chi connectivity index (χ0n) is 18.7. The van der Waals surface area contributed by atoms with Crippen LogP contribution in [0, 0.1) is 5.82 Å². The number of nitrogens with zero attached hydrogens (tertiary/aromatic N) is 2. The van der Waals surface area contributed by atoms with Gasteiger partial charge in [-0.05, 0) is 82.2 Å². The van der Waals surface area contributed by atoms with Gasteiger partial charge in [0.05, 0.1) is 6.61 Å². The molecule has 0 aliphatic heterocycles. The molecule has 0 aliphatic carbocycles. The summed E-state index contributed by atoms with van der Waals surface area (Å²) in [7, 11) is 0. The van der Waals surface area contributed by atoms with Gasteiger partial charge in [-0.3, -0.25) is 4.79 Å². The van der Waals surface area contributed by atoms with Gasteiger partial charge in [0.15, 0.2) is 0 Å². The first-order valence-electron chi connectivity index (χ1n) is 11.0. The van der Waals surface area contributed by atoms with E-state index in [1.807, 2.05) is 36.1 Å². The van der Waals surface area contributed by atoms with E-state index < -0.39 is 5.82 Å². The molecule has 0 radical (unpaired) electrons. The lowest BCUT2D eigenvalue weighted by Gasteiger charge is -2.30. The normalized spacial score (nSPS) is 12.1. The van der Waals surface area contributed by atoms with Crippen molar-refractivity contribution in [3.63, 3.8) is 0 Å². The van der Waals surface area contributed by atoms with E-state index in [1.54, 1.807) is 12.1 Å². The number of benzene rings is 2. The standard InChI is InChI=1S/C25H35FN2O2/c1-5-27(6-2)17-9-10-20(4)28(25(29)22-11-8-12-23(26)18-22)19-21-13-15-24(16-14-21)30-7-3/h8,11-16,18,20H,5-7,9-10,17,19H2,1-4H3. The summed E-state index contributed by atoms with van der Waals surface area (Å²) in [6.07, 6.45) is 1.91. The molecule has 2 aromatic carbocycles. The monoisotopic (exact) mass is 414 g/mol. The van der Waals surface area contributed by atoms with E-state index in [2.05, 4.69) is 25.7 Å². The van der Waals surface area contributed by atoms with Crippen LogP contribution in [0.15, 0.2) is 48.5 Å². The van der Waals surface area contributed by atoms with Crippen LogP contribution >= 0.6 is 0 Å². The topological polar surface area (TPSA) is 32.8 Å². The summed E-state index contributed by atoms with van der Waals surface area (Å²) in [5, 5.41) is 0. The van der Waals surface area contributed by atoms with E-state index in [-0.39, 0.29) is 11.9 Å². The predicted octanol–water partition coefficient (Wildman–Crippen LogP) is 5.38. The van der Waals surface area contributed by atoms with Crippen molar-refractivity contribution in [2.75, 3.05) is 26.2 Å². The summed E-state index contributed by atoms with van der Waals surface area (Å²) in [5.41, 5.74) is 1.41. The number of amides is 1. The van der Waals surface area contributed by atoms with Crippen LogP contribution in [-0.2, 0) is 6.54 Å². The number of carbonyl (C=O) groups is 1. The Morgan fingerprint density at radius 3 is 2.37 bits per heavy atom. The van der Waals surface area contributed by atoms with E-state index in [1.165, 1.54) is 12.1 Å². The molecule has 0 bridgehead atoms. The third-order valence-electron chi connectivity index (χ3n) is 5.44. The van der Waals surface area contributed by atoms with E-state index in [9.17, 15) is 9.18 Å². The Morgan fingerprint density at radius 1 is 1.07 bits per heavy atom. The molecule has 5 heteroatoms. The van der Waals surface area contributed by atoms with Gasteiger partial charge in [-0.2, -0.15) is 0 Å². The molecule has 0 fully saturated rings. The minimum atomic E-state index is -0.393. The van der Waals surface area contributed by atoms with Gasteiger partial charge in [0.2, 0.25) is 0 Å². The molecule has 0 aromatic heterocycles. The summed E-state index contributed by atoms with van der Waals surface area (Å²) in [6, 6.07) is 13.8. The Kier molecular flexibility index (Phi) is 9.81. The number of hydrogen-bond acceptors (Lipinski definition) is 3. The number of hydrogen-bond donors (Lipinski definition) is 0. The van der Waals surface area contributed by atoms with Gasteiger partial charge in [-0.25, -0.2) is 4.39 Å². The van der Waals surface area contributed by atoms with Gasteiger partial charge < -0.3 is 14.5 Å². The van der Waals surface area contributed by atoms with Crippen molar-refractivity contribution >= 4 is 5.91 Å². The van der Waals surface area contributed by atoms with E-state index >= 15 is 0 Å². The van der Waals surface area contributed by atoms with Crippen molar-refractivity contribution in [1.29, 1.82) is 0 Å². The second kappa shape index (κ2) is 12.3. The fraction of sp³-hybridized carbons (Fsp3) is 0.480. The summed E-state index contributed by atoms with van der Waals surface area (Å²) in [4.78, 5) is 17.5. The summed E-state index contributed by atoms with van der Waals surface area (Å²) in [5.74, 6) is 0.284. The quantitative estimate of drug-likeness (QED) is 0.468. The van der Waals surface area contributed by atoms with Crippen molar-refractivity contribution in [2.45, 2.75) is 53.1 Å². The largest absolute Gasteiger partial charge is 0.494 e. The number of carbonyl (C=O) groups excluding carboxylic acids is 1. The van der Waals surface area contributed by atoms with E-state index in [0.717, 1.165) is 43.8 Å². The lowest BCUT2D eigenvalue weighted by molar-refractivity contribution is 0.0661. The van der Waals surface area contributed by atoms with E-state index in [0.29, 0.717) is 18.7 Å². The first kappa shape index (κ1) is 23.9. The molecule has 2 rings (SSSR count). The molecule has 30 heavy (non-hydrogen) atoms. The fourth-order valence-electron chi connectivity index (χ4n) is 3.58. The van der Waals surface area contributed by atoms with Crippen molar-refractivity contribution in [2.24, 2.45) is 0 Å². The molecule has 1 amide bonds. The lowest BCUT2D eigenvalue weighted by Crippen LogP contribution is -2.38. The first-order chi connectivity index (χ1) is 14.5. The van der Waals surface area contributed by atoms with Crippen LogP contribution in [0.2, 0.25) is 0 Å². The Balaban J connectivity index is 2.15. The molecule has 0 saturated heterocycles. The van der Waals surface area contributed by atoms with Gasteiger partial charge in [0.25, 0.3) is 5.91 Å². The maximum atomic E-state index is 13.7. The average molecular weight is 415 g/mol. The van der Waals surface area contributed by atoms with Crippen LogP contribution in [0.3, 0.4) is 0 Å². The van der Waals surface area contributed by atoms with Gasteiger partial charge in [0, 0.05) is 18.2 Å². The van der Waals surface area contributed by atoms with Gasteiger partial charge in [0.1, 0.15) is 11.6 Å². The van der Waals surface area contributed by atoms with Crippen molar-refractivity contribution in [3.8, 4) is 5.75 Å². The second-order valence-electron chi connectivity index (χ2n) is 7.54. The number of ether oxygens (including phenoxy) is 1. The van der Waals surface area contributed by atoms with Crippen LogP contribution in [0.1, 0.15) is 56.5 Å². The Labute approximate surface area is 180 Å². The van der Waals surface area contributed by atoms with Crippen LogP contribution in [0.25, 0.3) is 0 Å². The Morgan fingerprint density at radius 2 is 1.77 bits per heavy atom. The highest BCUT2D eigenvalue weighted by atomic mass is 19.1. The second-order valence-corrected chi connectivity index (χ2v) is 7.54. The van der Waals surface area contributed by atoms with Gasteiger partial charge in [-0.1, -0.05) is 32.0 Å². The van der Waals surface area contributed by atoms with Crippen LogP contribution < -0.4 is 4.74 Å². The van der Waals surface area contributed by atoms with E-state index in [4.69, 9.17) is 4.74 Å². The summed E-state index contributed by atoms with van der Waals surface area (Å²) >= 11 is 0. The molecule has 4 nitrogen and oxygen atoms in total. The van der Waals surface area contributed by atoms with Crippen LogP contribution in [0.4, 0.5) is 4.39 Å². The molecule has 0 N–H and O–H groups in total. The lowest BCUT2D eigenvalue weighted by atomic mass is 10.1. The zero-order chi connectivity index (χ0) is 21.9. The molecule has 0 saturated carbocycles. The fourth-order valence-corrected chi connectivity index (χ4v) is 3.58. The highest BCUT2D eigenvalue weighted by Gasteiger charge is 2.22. The zero-order valence-corrected chi connectivity index (χ0v) is 18.7. The predicted molar refractivity (Wildman–Crippen MR) is 120 cm³/mol. The maximum Gasteiger partial charge on any atom is 0.254 e. The molecule has 1 atom stereocenters. The average Bonchev–Trinajstić information content (AvgIpc) is 2.76. The molecular weight excluding hydrogens is 379 g/mol. The SMILES string of the molecule is CCOc1ccc(CN(C(=O)c2cccc(F)c2)C(C)CCCN(CC)CC)cc1. The third kappa shape index (κ3) is 7.13. The summed E-state index contributed by atoms with van der Waals surface area (Å²) in [6.45, 7) is 12.5. The van der Waals surface area contributed by atoms with Crippen molar-refractivity contribution < 1.29 is 13.9 Å². The molecule has 2 aromatic rings. The minimum Gasteiger partial charge on any atom is -0.494 e. The first-order valence-corrected chi connectivity index (χ1v) is 11.0. The highest BCUT2D eigenvalue weighted by Crippen LogP contribution is 2.19. The number of rotatable bonds is 12. The molecule has 0 spiro atoms. The minimum absolute atomic E-state index is 0.0443. The molecular formula is C25H35FN2O2. The Hall–Kier alpha value is -2.40. The van der Waals surface area contributed by atoms with Gasteiger partial charge in [-0.15, -0.1) is 0 Å². The van der Waals surface area contributed by atoms with Crippen molar-refractivity contribution in [3.05, 3.63) is 65.5 Å². The van der Waals surface area contributed by atoms with Crippen LogP contribution in [0.5, 0.6) is 5.75 Å². The molecule has 0 aliphatic rings. The molecule has 164 valence electrons. The summed E-state index contributed by atoms with van der Waals surface area (Å²) < 4.78 is 19.2. The molecule has 1 unspecified atom stereocenters. The smallest absolute Gasteiger partial charge is 0.254 e. The van der Waals surface area contributed by atoms with Crippen molar-refractivity contribution in [1.82, 2.24) is 9.80 Å². The van der Waals surface area contributed by atoms with Gasteiger partial charge >= 0.3 is 0 Å². The highest BCUT2D eigenvalue weighted by molar-refractivity contribution is 5.94. The number of halogens is 1. The maximum absolute atomic E-state index is 13.7. The Bertz CT molecular complexity index is 775. The van der Waals surface area contributed by atoms with Crippen LogP contribution in [-0.4, -0.2) is 48.0 Å². The third-order valence-corrected chi connectivity index (χ3v) is 5.44.